The lowest BCUT2D eigenvalue weighted by atomic mass is 10.1. The highest BCUT2D eigenvalue weighted by molar-refractivity contribution is 7.92. The van der Waals surface area contributed by atoms with Crippen LogP contribution in [0.4, 0.5) is 5.69 Å². The number of rotatable bonds is 10. The highest BCUT2D eigenvalue weighted by Crippen LogP contribution is 2.27. The van der Waals surface area contributed by atoms with Gasteiger partial charge in [0.25, 0.3) is 10.0 Å². The number of benzene rings is 3. The highest BCUT2D eigenvalue weighted by atomic mass is 35.5. The van der Waals surface area contributed by atoms with Gasteiger partial charge in [0.15, 0.2) is 11.5 Å². The largest absolute Gasteiger partial charge is 0.493 e. The summed E-state index contributed by atoms with van der Waals surface area (Å²) < 4.78 is 38.8. The van der Waals surface area contributed by atoms with Gasteiger partial charge < -0.3 is 14.8 Å². The third kappa shape index (κ3) is 6.21. The zero-order chi connectivity index (χ0) is 24.7. The van der Waals surface area contributed by atoms with E-state index in [0.717, 1.165) is 15.4 Å². The van der Waals surface area contributed by atoms with Gasteiger partial charge >= 0.3 is 0 Å². The number of nitrogens with one attached hydrogen (secondary N) is 1. The predicted molar refractivity (Wildman–Crippen MR) is 133 cm³/mol. The Morgan fingerprint density at radius 3 is 2.29 bits per heavy atom. The quantitative estimate of drug-likeness (QED) is 0.416. The summed E-state index contributed by atoms with van der Waals surface area (Å²) in [5, 5.41) is 3.14. The Balaban J connectivity index is 1.74. The van der Waals surface area contributed by atoms with E-state index in [9.17, 15) is 13.2 Å². The number of hydrogen-bond donors (Lipinski definition) is 1. The van der Waals surface area contributed by atoms with Gasteiger partial charge in [-0.2, -0.15) is 0 Å². The average molecular weight is 503 g/mol. The monoisotopic (exact) mass is 502 g/mol. The number of ether oxygens (including phenoxy) is 2. The molecule has 0 aliphatic carbocycles. The fraction of sp³-hybridized carbons (Fsp3) is 0.240. The minimum atomic E-state index is -4.01. The average Bonchev–Trinajstić information content (AvgIpc) is 2.82. The second-order valence-electron chi connectivity index (χ2n) is 7.58. The van der Waals surface area contributed by atoms with Gasteiger partial charge in [-0.15, -0.1) is 0 Å². The molecule has 0 aliphatic heterocycles. The van der Waals surface area contributed by atoms with E-state index >= 15 is 0 Å². The van der Waals surface area contributed by atoms with E-state index in [4.69, 9.17) is 21.1 Å². The summed E-state index contributed by atoms with van der Waals surface area (Å²) >= 11 is 5.92. The van der Waals surface area contributed by atoms with Crippen molar-refractivity contribution in [3.63, 3.8) is 0 Å². The van der Waals surface area contributed by atoms with E-state index in [1.165, 1.54) is 24.3 Å². The van der Waals surface area contributed by atoms with Crippen molar-refractivity contribution >= 4 is 33.2 Å². The van der Waals surface area contributed by atoms with E-state index < -0.39 is 15.9 Å². The maximum Gasteiger partial charge on any atom is 0.264 e. The fourth-order valence-corrected chi connectivity index (χ4v) is 4.74. The lowest BCUT2D eigenvalue weighted by Gasteiger charge is -2.25. The maximum absolute atomic E-state index is 13.4. The molecule has 1 N–H and O–H groups in total. The molecule has 9 heteroatoms. The summed E-state index contributed by atoms with van der Waals surface area (Å²) in [6, 6.07) is 18.3. The van der Waals surface area contributed by atoms with Crippen LogP contribution in [0.15, 0.2) is 71.6 Å². The Hall–Kier alpha value is -3.23. The lowest BCUT2D eigenvalue weighted by Crippen LogP contribution is -2.42. The molecular formula is C25H27ClN2O5S. The number of carbonyl (C=O) groups excluding carboxylic acids is 1. The molecule has 0 bridgehead atoms. The first-order chi connectivity index (χ1) is 16.2. The summed E-state index contributed by atoms with van der Waals surface area (Å²) in [7, 11) is -2.46. The summed E-state index contributed by atoms with van der Waals surface area (Å²) in [4.78, 5) is 12.8. The van der Waals surface area contributed by atoms with Crippen molar-refractivity contribution in [3.05, 3.63) is 82.9 Å². The standard InChI is InChI=1S/C25H27ClN2O5S/c1-18-8-11-21(16-19(18)2)28(34(30,31)22-12-9-20(26)10-13-22)17-25(29)27-14-15-33-24-7-5-4-6-23(24)32-3/h4-13,16H,14-15,17H2,1-3H3,(H,27,29). The van der Waals surface area contributed by atoms with Crippen molar-refractivity contribution in [1.29, 1.82) is 0 Å². The number of methoxy groups -OCH3 is 1. The Labute approximate surface area is 205 Å². The van der Waals surface area contributed by atoms with Crippen molar-refractivity contribution in [1.82, 2.24) is 5.32 Å². The zero-order valence-electron chi connectivity index (χ0n) is 19.2. The first kappa shape index (κ1) is 25.4. The van der Waals surface area contributed by atoms with Gasteiger partial charge in [-0.3, -0.25) is 9.10 Å². The molecule has 0 fully saturated rings. The number of aryl methyl sites for hydroxylation is 2. The number of anilines is 1. The molecule has 3 aromatic carbocycles. The molecule has 0 saturated carbocycles. The van der Waals surface area contributed by atoms with Crippen LogP contribution in [0.2, 0.25) is 5.02 Å². The third-order valence-corrected chi connectivity index (χ3v) is 7.26. The Morgan fingerprint density at radius 2 is 1.65 bits per heavy atom. The first-order valence-electron chi connectivity index (χ1n) is 10.6. The van der Waals surface area contributed by atoms with Crippen LogP contribution in [0.25, 0.3) is 0 Å². The van der Waals surface area contributed by atoms with Crippen LogP contribution in [0, 0.1) is 13.8 Å². The van der Waals surface area contributed by atoms with Crippen molar-refractivity contribution < 1.29 is 22.7 Å². The molecule has 0 radical (unpaired) electrons. The third-order valence-electron chi connectivity index (χ3n) is 5.22. The van der Waals surface area contributed by atoms with Crippen LogP contribution in [0.3, 0.4) is 0 Å². The van der Waals surface area contributed by atoms with Gasteiger partial charge in [0.05, 0.1) is 24.2 Å². The Bertz CT molecular complexity index is 1250. The van der Waals surface area contributed by atoms with Gasteiger partial charge in [0.2, 0.25) is 5.91 Å². The molecule has 0 atom stereocenters. The molecular weight excluding hydrogens is 476 g/mol. The van der Waals surface area contributed by atoms with Crippen LogP contribution >= 0.6 is 11.6 Å². The predicted octanol–water partition coefficient (Wildman–Crippen LogP) is 4.36. The van der Waals surface area contributed by atoms with E-state index in [2.05, 4.69) is 5.32 Å². The van der Waals surface area contributed by atoms with E-state index in [0.29, 0.717) is 22.2 Å². The minimum Gasteiger partial charge on any atom is -0.493 e. The highest BCUT2D eigenvalue weighted by Gasteiger charge is 2.27. The molecule has 34 heavy (non-hydrogen) atoms. The van der Waals surface area contributed by atoms with Gasteiger partial charge in [-0.05, 0) is 73.5 Å². The fourth-order valence-electron chi connectivity index (χ4n) is 3.21. The summed E-state index contributed by atoms with van der Waals surface area (Å²) in [6.07, 6.45) is 0. The molecule has 0 aromatic heterocycles. The molecule has 0 unspecified atom stereocenters. The molecule has 0 spiro atoms. The molecule has 0 aliphatic rings. The van der Waals surface area contributed by atoms with Gasteiger partial charge in [-0.1, -0.05) is 29.8 Å². The van der Waals surface area contributed by atoms with Crippen LogP contribution in [0.5, 0.6) is 11.5 Å². The zero-order valence-corrected chi connectivity index (χ0v) is 20.8. The minimum absolute atomic E-state index is 0.0439. The lowest BCUT2D eigenvalue weighted by molar-refractivity contribution is -0.119. The maximum atomic E-state index is 13.4. The van der Waals surface area contributed by atoms with Crippen molar-refractivity contribution in [2.75, 3.05) is 31.1 Å². The van der Waals surface area contributed by atoms with Crippen LogP contribution in [0.1, 0.15) is 11.1 Å². The van der Waals surface area contributed by atoms with Crippen LogP contribution < -0.4 is 19.1 Å². The smallest absolute Gasteiger partial charge is 0.264 e. The number of sulfonamides is 1. The summed E-state index contributed by atoms with van der Waals surface area (Å²) in [6.45, 7) is 3.83. The van der Waals surface area contributed by atoms with Crippen molar-refractivity contribution in [2.45, 2.75) is 18.7 Å². The van der Waals surface area contributed by atoms with Crippen molar-refractivity contribution in [2.24, 2.45) is 0 Å². The number of hydrogen-bond acceptors (Lipinski definition) is 5. The van der Waals surface area contributed by atoms with E-state index in [1.54, 1.807) is 31.4 Å². The number of halogens is 1. The molecule has 0 heterocycles. The van der Waals surface area contributed by atoms with Gasteiger partial charge in [0, 0.05) is 5.02 Å². The Morgan fingerprint density at radius 1 is 0.971 bits per heavy atom. The van der Waals surface area contributed by atoms with Crippen LogP contribution in [-0.2, 0) is 14.8 Å². The van der Waals surface area contributed by atoms with E-state index in [-0.39, 0.29) is 24.6 Å². The molecule has 7 nitrogen and oxygen atoms in total. The normalized spacial score (nSPS) is 11.1. The SMILES string of the molecule is COc1ccccc1OCCNC(=O)CN(c1ccc(C)c(C)c1)S(=O)(=O)c1ccc(Cl)cc1. The molecule has 180 valence electrons. The summed E-state index contributed by atoms with van der Waals surface area (Å²) in [5.41, 5.74) is 2.34. The van der Waals surface area contributed by atoms with Gasteiger partial charge in [-0.25, -0.2) is 8.42 Å². The van der Waals surface area contributed by atoms with Crippen LogP contribution in [-0.4, -0.2) is 41.1 Å². The summed E-state index contributed by atoms with van der Waals surface area (Å²) in [5.74, 6) is 0.685. The second kappa shape index (κ2) is 11.3. The topological polar surface area (TPSA) is 84.9 Å². The number of para-hydroxylation sites is 2. The first-order valence-corrected chi connectivity index (χ1v) is 12.4. The number of nitrogens with zero attached hydrogens (tertiary/aromatic N) is 1. The van der Waals surface area contributed by atoms with E-state index in [1.807, 2.05) is 32.0 Å². The number of carbonyl (C=O) groups is 1. The number of amides is 1. The molecule has 3 aromatic rings. The molecule has 0 saturated heterocycles. The van der Waals surface area contributed by atoms with Gasteiger partial charge in [0.1, 0.15) is 13.2 Å². The second-order valence-corrected chi connectivity index (χ2v) is 9.88. The molecule has 1 amide bonds. The molecule has 3 rings (SSSR count). The van der Waals surface area contributed by atoms with Crippen molar-refractivity contribution in [3.8, 4) is 11.5 Å². The Kier molecular flexibility index (Phi) is 8.41.